The predicted octanol–water partition coefficient (Wildman–Crippen LogP) is 2.81. The molecular formula is C16H18N2O2S. The highest BCUT2D eigenvalue weighted by molar-refractivity contribution is 7.13. The molecule has 21 heavy (non-hydrogen) atoms. The van der Waals surface area contributed by atoms with Crippen molar-refractivity contribution < 1.29 is 9.53 Å². The third-order valence-corrected chi connectivity index (χ3v) is 4.70. The van der Waals surface area contributed by atoms with E-state index in [4.69, 9.17) is 0 Å². The number of carbonyl (C=O) groups is 1. The number of fused-ring (bicyclic) bond motifs is 1. The van der Waals surface area contributed by atoms with Crippen LogP contribution in [0.15, 0.2) is 29.6 Å². The summed E-state index contributed by atoms with van der Waals surface area (Å²) in [5.41, 5.74) is 3.80. The summed E-state index contributed by atoms with van der Waals surface area (Å²) in [6.07, 6.45) is 2.10. The second kappa shape index (κ2) is 6.26. The van der Waals surface area contributed by atoms with Crippen LogP contribution in [0.4, 0.5) is 5.13 Å². The molecule has 5 heteroatoms. The number of methoxy groups -OCH3 is 1. The van der Waals surface area contributed by atoms with Gasteiger partial charge in [0.25, 0.3) is 0 Å². The van der Waals surface area contributed by atoms with Gasteiger partial charge in [-0.15, -0.1) is 11.3 Å². The summed E-state index contributed by atoms with van der Waals surface area (Å²) in [6.45, 7) is 1.92. The second-order valence-corrected chi connectivity index (χ2v) is 5.97. The first-order valence-corrected chi connectivity index (χ1v) is 7.97. The Morgan fingerprint density at radius 1 is 1.38 bits per heavy atom. The van der Waals surface area contributed by atoms with E-state index in [0.29, 0.717) is 12.8 Å². The van der Waals surface area contributed by atoms with Crippen molar-refractivity contribution in [3.63, 3.8) is 0 Å². The lowest BCUT2D eigenvalue weighted by Gasteiger charge is -2.28. The van der Waals surface area contributed by atoms with Gasteiger partial charge >= 0.3 is 5.97 Å². The first-order valence-electron chi connectivity index (χ1n) is 7.09. The molecule has 2 aromatic rings. The second-order valence-electron chi connectivity index (χ2n) is 5.14. The number of hydrogen-bond acceptors (Lipinski definition) is 5. The molecule has 1 aromatic carbocycles. The summed E-state index contributed by atoms with van der Waals surface area (Å²) < 4.78 is 4.66. The number of ether oxygens (including phenoxy) is 1. The molecule has 0 bridgehead atoms. The Balaban J connectivity index is 1.66. The lowest BCUT2D eigenvalue weighted by molar-refractivity contribution is -0.140. The lowest BCUT2D eigenvalue weighted by atomic mass is 10.0. The topological polar surface area (TPSA) is 42.4 Å². The zero-order chi connectivity index (χ0) is 14.7. The van der Waals surface area contributed by atoms with Crippen molar-refractivity contribution in [1.82, 2.24) is 4.98 Å². The SMILES string of the molecule is COC(=O)CCc1csc(N2CCc3ccccc3C2)n1. The maximum Gasteiger partial charge on any atom is 0.305 e. The molecule has 0 saturated heterocycles. The molecule has 3 rings (SSSR count). The van der Waals surface area contributed by atoms with Gasteiger partial charge < -0.3 is 9.64 Å². The largest absolute Gasteiger partial charge is 0.469 e. The zero-order valence-corrected chi connectivity index (χ0v) is 12.9. The molecular weight excluding hydrogens is 284 g/mol. The summed E-state index contributed by atoms with van der Waals surface area (Å²) in [7, 11) is 1.42. The van der Waals surface area contributed by atoms with Gasteiger partial charge in [-0.25, -0.2) is 4.98 Å². The molecule has 0 N–H and O–H groups in total. The van der Waals surface area contributed by atoms with Crippen molar-refractivity contribution in [2.24, 2.45) is 0 Å². The quantitative estimate of drug-likeness (QED) is 0.815. The van der Waals surface area contributed by atoms with Crippen molar-refractivity contribution in [1.29, 1.82) is 0 Å². The summed E-state index contributed by atoms with van der Waals surface area (Å²) in [6, 6.07) is 8.58. The van der Waals surface area contributed by atoms with Crippen LogP contribution >= 0.6 is 11.3 Å². The Labute approximate surface area is 128 Å². The van der Waals surface area contributed by atoms with Crippen LogP contribution in [0.25, 0.3) is 0 Å². The standard InChI is InChI=1S/C16H18N2O2S/c1-20-15(19)7-6-14-11-21-16(17-14)18-9-8-12-4-2-3-5-13(12)10-18/h2-5,11H,6-10H2,1H3. The lowest BCUT2D eigenvalue weighted by Crippen LogP contribution is -2.30. The van der Waals surface area contributed by atoms with Crippen LogP contribution in [0.1, 0.15) is 23.2 Å². The van der Waals surface area contributed by atoms with E-state index in [-0.39, 0.29) is 5.97 Å². The minimum Gasteiger partial charge on any atom is -0.469 e. The van der Waals surface area contributed by atoms with Gasteiger partial charge in [0.2, 0.25) is 0 Å². The maximum absolute atomic E-state index is 11.2. The van der Waals surface area contributed by atoms with Gasteiger partial charge in [0.1, 0.15) is 0 Å². The smallest absolute Gasteiger partial charge is 0.305 e. The maximum atomic E-state index is 11.2. The number of rotatable bonds is 4. The minimum absolute atomic E-state index is 0.184. The number of thiazole rings is 1. The number of benzene rings is 1. The van der Waals surface area contributed by atoms with E-state index in [9.17, 15) is 4.79 Å². The third kappa shape index (κ3) is 3.24. The Hall–Kier alpha value is -1.88. The van der Waals surface area contributed by atoms with Gasteiger partial charge in [-0.2, -0.15) is 0 Å². The third-order valence-electron chi connectivity index (χ3n) is 3.75. The summed E-state index contributed by atoms with van der Waals surface area (Å²) >= 11 is 1.65. The highest BCUT2D eigenvalue weighted by Crippen LogP contribution is 2.27. The molecule has 0 fully saturated rings. The molecule has 4 nitrogen and oxygen atoms in total. The Bertz CT molecular complexity index is 639. The van der Waals surface area contributed by atoms with Crippen molar-refractivity contribution in [3.05, 3.63) is 46.5 Å². The number of aromatic nitrogens is 1. The minimum atomic E-state index is -0.184. The Kier molecular flexibility index (Phi) is 4.20. The first-order chi connectivity index (χ1) is 10.3. The molecule has 0 saturated carbocycles. The summed E-state index contributed by atoms with van der Waals surface area (Å²) in [5, 5.41) is 3.09. The van der Waals surface area contributed by atoms with E-state index in [2.05, 4.69) is 38.9 Å². The van der Waals surface area contributed by atoms with Crippen LogP contribution in [-0.2, 0) is 28.9 Å². The van der Waals surface area contributed by atoms with E-state index in [1.165, 1.54) is 18.2 Å². The number of esters is 1. The van der Waals surface area contributed by atoms with Crippen LogP contribution in [0.3, 0.4) is 0 Å². The molecule has 0 atom stereocenters. The average Bonchev–Trinajstić information content (AvgIpc) is 3.01. The summed E-state index contributed by atoms with van der Waals surface area (Å²) in [5.74, 6) is -0.184. The van der Waals surface area contributed by atoms with Gasteiger partial charge in [-0.3, -0.25) is 4.79 Å². The number of carbonyl (C=O) groups excluding carboxylic acids is 1. The normalized spacial score (nSPS) is 13.9. The number of aryl methyl sites for hydroxylation is 1. The van der Waals surface area contributed by atoms with Crippen LogP contribution < -0.4 is 4.90 Å². The fourth-order valence-corrected chi connectivity index (χ4v) is 3.43. The molecule has 0 spiro atoms. The molecule has 2 heterocycles. The fourth-order valence-electron chi connectivity index (χ4n) is 2.55. The molecule has 1 aliphatic rings. The number of hydrogen-bond donors (Lipinski definition) is 0. The van der Waals surface area contributed by atoms with Crippen molar-refractivity contribution in [3.8, 4) is 0 Å². The van der Waals surface area contributed by atoms with Crippen LogP contribution in [0.2, 0.25) is 0 Å². The summed E-state index contributed by atoms with van der Waals surface area (Å²) in [4.78, 5) is 18.1. The van der Waals surface area contributed by atoms with E-state index in [1.54, 1.807) is 11.3 Å². The highest BCUT2D eigenvalue weighted by Gasteiger charge is 2.18. The first kappa shape index (κ1) is 14.1. The van der Waals surface area contributed by atoms with Crippen molar-refractivity contribution in [2.75, 3.05) is 18.6 Å². The molecule has 0 unspecified atom stereocenters. The van der Waals surface area contributed by atoms with Crippen LogP contribution in [-0.4, -0.2) is 24.6 Å². The number of anilines is 1. The molecule has 1 aliphatic heterocycles. The zero-order valence-electron chi connectivity index (χ0n) is 12.0. The van der Waals surface area contributed by atoms with Crippen LogP contribution in [0, 0.1) is 0 Å². The Morgan fingerprint density at radius 2 is 2.19 bits per heavy atom. The molecule has 110 valence electrons. The van der Waals surface area contributed by atoms with E-state index >= 15 is 0 Å². The molecule has 0 amide bonds. The van der Waals surface area contributed by atoms with Gasteiger partial charge in [0, 0.05) is 24.9 Å². The molecule has 0 aliphatic carbocycles. The average molecular weight is 302 g/mol. The Morgan fingerprint density at radius 3 is 3.00 bits per heavy atom. The van der Waals surface area contributed by atoms with Crippen LogP contribution in [0.5, 0.6) is 0 Å². The highest BCUT2D eigenvalue weighted by atomic mass is 32.1. The van der Waals surface area contributed by atoms with E-state index < -0.39 is 0 Å². The predicted molar refractivity (Wildman–Crippen MR) is 83.6 cm³/mol. The van der Waals surface area contributed by atoms with Gasteiger partial charge in [-0.1, -0.05) is 24.3 Å². The number of nitrogens with zero attached hydrogens (tertiary/aromatic N) is 2. The van der Waals surface area contributed by atoms with Gasteiger partial charge in [0.05, 0.1) is 19.2 Å². The van der Waals surface area contributed by atoms with Gasteiger partial charge in [-0.05, 0) is 17.5 Å². The van der Waals surface area contributed by atoms with E-state index in [1.807, 2.05) is 5.38 Å². The molecule has 1 aromatic heterocycles. The fraction of sp³-hybridized carbons (Fsp3) is 0.375. The van der Waals surface area contributed by atoms with E-state index in [0.717, 1.165) is 30.3 Å². The monoisotopic (exact) mass is 302 g/mol. The molecule has 0 radical (unpaired) electrons. The van der Waals surface area contributed by atoms with Gasteiger partial charge in [0.15, 0.2) is 5.13 Å². The van der Waals surface area contributed by atoms with Crippen molar-refractivity contribution in [2.45, 2.75) is 25.8 Å². The van der Waals surface area contributed by atoms with Crippen molar-refractivity contribution >= 4 is 22.4 Å².